The van der Waals surface area contributed by atoms with Crippen molar-refractivity contribution in [3.63, 3.8) is 0 Å². The molecule has 0 N–H and O–H groups in total. The van der Waals surface area contributed by atoms with Gasteiger partial charge in [-0.1, -0.05) is 28.9 Å². The van der Waals surface area contributed by atoms with Crippen molar-refractivity contribution in [1.29, 1.82) is 0 Å². The SMILES string of the molecule is O=C(OCC1CC=CCC1)C1CC(c2ccc(Cl)s2)=NO1. The van der Waals surface area contributed by atoms with Crippen molar-refractivity contribution < 1.29 is 14.4 Å². The number of carbonyl (C=O) groups is 1. The number of nitrogens with zero attached hydrogens (tertiary/aromatic N) is 1. The van der Waals surface area contributed by atoms with Crippen LogP contribution in [-0.4, -0.2) is 24.4 Å². The van der Waals surface area contributed by atoms with Gasteiger partial charge in [0.25, 0.3) is 0 Å². The van der Waals surface area contributed by atoms with Crippen LogP contribution in [-0.2, 0) is 14.4 Å². The van der Waals surface area contributed by atoms with Crippen molar-refractivity contribution in [2.24, 2.45) is 11.1 Å². The zero-order valence-electron chi connectivity index (χ0n) is 11.5. The molecule has 0 fully saturated rings. The fourth-order valence-electron chi connectivity index (χ4n) is 2.42. The summed E-state index contributed by atoms with van der Waals surface area (Å²) < 4.78 is 6.06. The molecular formula is C15H16ClNO3S. The summed E-state index contributed by atoms with van der Waals surface area (Å²) in [6.07, 6.45) is 7.26. The molecule has 0 amide bonds. The van der Waals surface area contributed by atoms with Gasteiger partial charge >= 0.3 is 5.97 Å². The van der Waals surface area contributed by atoms with Gasteiger partial charge in [-0.2, -0.15) is 0 Å². The zero-order chi connectivity index (χ0) is 14.7. The molecule has 0 aromatic carbocycles. The second kappa shape index (κ2) is 6.62. The zero-order valence-corrected chi connectivity index (χ0v) is 13.0. The second-order valence-electron chi connectivity index (χ2n) is 5.22. The van der Waals surface area contributed by atoms with E-state index in [0.29, 0.717) is 23.3 Å². The van der Waals surface area contributed by atoms with Crippen LogP contribution in [0.25, 0.3) is 0 Å². The van der Waals surface area contributed by atoms with Crippen molar-refractivity contribution >= 4 is 34.6 Å². The maximum Gasteiger partial charge on any atom is 0.350 e. The molecule has 0 saturated carbocycles. The highest BCUT2D eigenvalue weighted by Gasteiger charge is 2.31. The van der Waals surface area contributed by atoms with Gasteiger partial charge in [0.2, 0.25) is 6.10 Å². The van der Waals surface area contributed by atoms with Crippen LogP contribution in [0.1, 0.15) is 30.6 Å². The third-order valence-electron chi connectivity index (χ3n) is 3.63. The molecule has 2 unspecified atom stereocenters. The minimum absolute atomic E-state index is 0.328. The Morgan fingerprint density at radius 3 is 3.10 bits per heavy atom. The van der Waals surface area contributed by atoms with E-state index in [0.717, 1.165) is 29.9 Å². The molecule has 1 aromatic heterocycles. The molecule has 0 radical (unpaired) electrons. The summed E-state index contributed by atoms with van der Waals surface area (Å²) >= 11 is 7.33. The van der Waals surface area contributed by atoms with Crippen LogP contribution >= 0.6 is 22.9 Å². The quantitative estimate of drug-likeness (QED) is 0.625. The molecule has 1 aliphatic heterocycles. The monoisotopic (exact) mass is 325 g/mol. The molecule has 0 spiro atoms. The molecule has 0 saturated heterocycles. The molecule has 112 valence electrons. The lowest BCUT2D eigenvalue weighted by molar-refractivity contribution is -0.156. The summed E-state index contributed by atoms with van der Waals surface area (Å²) in [5.74, 6) is 0.0998. The van der Waals surface area contributed by atoms with E-state index in [-0.39, 0.29) is 5.97 Å². The number of carbonyl (C=O) groups excluding carboxylic acids is 1. The number of hydrogen-bond acceptors (Lipinski definition) is 5. The van der Waals surface area contributed by atoms with Gasteiger partial charge < -0.3 is 9.57 Å². The fraction of sp³-hybridized carbons (Fsp3) is 0.467. The van der Waals surface area contributed by atoms with E-state index in [4.69, 9.17) is 21.2 Å². The number of thiophene rings is 1. The molecule has 1 aromatic rings. The first-order valence-corrected chi connectivity index (χ1v) is 8.22. The van der Waals surface area contributed by atoms with Gasteiger partial charge in [0.15, 0.2) is 0 Å². The first-order valence-electron chi connectivity index (χ1n) is 7.02. The third-order valence-corrected chi connectivity index (χ3v) is 4.91. The number of halogens is 1. The van der Waals surface area contributed by atoms with E-state index in [1.54, 1.807) is 0 Å². The van der Waals surface area contributed by atoms with Crippen molar-refractivity contribution in [3.8, 4) is 0 Å². The minimum atomic E-state index is -0.625. The van der Waals surface area contributed by atoms with Crippen molar-refractivity contribution in [2.75, 3.05) is 6.61 Å². The third kappa shape index (κ3) is 3.66. The highest BCUT2D eigenvalue weighted by molar-refractivity contribution is 7.18. The van der Waals surface area contributed by atoms with E-state index in [1.165, 1.54) is 11.3 Å². The largest absolute Gasteiger partial charge is 0.463 e. The average Bonchev–Trinajstić information content (AvgIpc) is 3.14. The summed E-state index contributed by atoms with van der Waals surface area (Å²) in [4.78, 5) is 18.1. The molecule has 6 heteroatoms. The maximum absolute atomic E-state index is 12.0. The fourth-order valence-corrected chi connectivity index (χ4v) is 3.45. The number of allylic oxidation sites excluding steroid dienone is 2. The number of esters is 1. The summed E-state index contributed by atoms with van der Waals surface area (Å²) in [5, 5.41) is 3.97. The first kappa shape index (κ1) is 14.6. The molecule has 4 nitrogen and oxygen atoms in total. The smallest absolute Gasteiger partial charge is 0.350 e. The van der Waals surface area contributed by atoms with Crippen LogP contribution in [0.15, 0.2) is 29.4 Å². The van der Waals surface area contributed by atoms with E-state index in [9.17, 15) is 4.79 Å². The molecule has 2 atom stereocenters. The van der Waals surface area contributed by atoms with Crippen LogP contribution in [0.2, 0.25) is 4.34 Å². The number of rotatable bonds is 4. The molecule has 0 bridgehead atoms. The Labute approximate surface area is 132 Å². The van der Waals surface area contributed by atoms with Crippen LogP contribution < -0.4 is 0 Å². The molecule has 1 aliphatic carbocycles. The number of ether oxygens (including phenoxy) is 1. The first-order chi connectivity index (χ1) is 10.2. The topological polar surface area (TPSA) is 47.9 Å². The number of hydrogen-bond donors (Lipinski definition) is 0. The predicted molar refractivity (Wildman–Crippen MR) is 82.8 cm³/mol. The van der Waals surface area contributed by atoms with E-state index in [1.807, 2.05) is 12.1 Å². The Morgan fingerprint density at radius 2 is 2.38 bits per heavy atom. The highest BCUT2D eigenvalue weighted by atomic mass is 35.5. The maximum atomic E-state index is 12.0. The van der Waals surface area contributed by atoms with Gasteiger partial charge in [0.1, 0.15) is 5.71 Å². The van der Waals surface area contributed by atoms with Gasteiger partial charge in [-0.3, -0.25) is 0 Å². The number of oxime groups is 1. The molecule has 2 heterocycles. The molecular weight excluding hydrogens is 310 g/mol. The van der Waals surface area contributed by atoms with Gasteiger partial charge in [-0.05, 0) is 37.3 Å². The summed E-state index contributed by atoms with van der Waals surface area (Å²) in [7, 11) is 0. The lowest BCUT2D eigenvalue weighted by Crippen LogP contribution is -2.26. The van der Waals surface area contributed by atoms with Gasteiger partial charge in [0.05, 0.1) is 15.8 Å². The predicted octanol–water partition coefficient (Wildman–Crippen LogP) is 3.79. The Balaban J connectivity index is 1.48. The van der Waals surface area contributed by atoms with Crippen LogP contribution in [0, 0.1) is 5.92 Å². The van der Waals surface area contributed by atoms with Gasteiger partial charge in [-0.25, -0.2) is 4.79 Å². The normalized spacial score (nSPS) is 24.5. The van der Waals surface area contributed by atoms with Crippen molar-refractivity contribution in [2.45, 2.75) is 31.8 Å². The average molecular weight is 326 g/mol. The Kier molecular flexibility index (Phi) is 4.60. The lowest BCUT2D eigenvalue weighted by atomic mass is 9.95. The summed E-state index contributed by atoms with van der Waals surface area (Å²) in [6.45, 7) is 0.462. The summed E-state index contributed by atoms with van der Waals surface area (Å²) in [5.41, 5.74) is 0.759. The molecule has 21 heavy (non-hydrogen) atoms. The van der Waals surface area contributed by atoms with Gasteiger partial charge in [0, 0.05) is 6.42 Å². The van der Waals surface area contributed by atoms with Crippen molar-refractivity contribution in [1.82, 2.24) is 0 Å². The highest BCUT2D eigenvalue weighted by Crippen LogP contribution is 2.27. The minimum Gasteiger partial charge on any atom is -0.463 e. The van der Waals surface area contributed by atoms with E-state index < -0.39 is 6.10 Å². The Morgan fingerprint density at radius 1 is 1.48 bits per heavy atom. The van der Waals surface area contributed by atoms with Crippen LogP contribution in [0.5, 0.6) is 0 Å². The standard InChI is InChI=1S/C15H16ClNO3S/c16-14-7-6-13(21-14)11-8-12(20-17-11)15(18)19-9-10-4-2-1-3-5-10/h1-2,6-7,10,12H,3-5,8-9H2. The Bertz CT molecular complexity index is 581. The van der Waals surface area contributed by atoms with Crippen molar-refractivity contribution in [3.05, 3.63) is 33.5 Å². The summed E-state index contributed by atoms with van der Waals surface area (Å²) in [6, 6.07) is 3.70. The van der Waals surface area contributed by atoms with Gasteiger partial charge in [-0.15, -0.1) is 11.3 Å². The lowest BCUT2D eigenvalue weighted by Gasteiger charge is -2.18. The van der Waals surface area contributed by atoms with E-state index >= 15 is 0 Å². The van der Waals surface area contributed by atoms with Crippen LogP contribution in [0.4, 0.5) is 0 Å². The van der Waals surface area contributed by atoms with E-state index in [2.05, 4.69) is 17.3 Å². The second-order valence-corrected chi connectivity index (χ2v) is 6.94. The molecule has 2 aliphatic rings. The molecule has 3 rings (SSSR count). The Hall–Kier alpha value is -1.33. The van der Waals surface area contributed by atoms with Crippen LogP contribution in [0.3, 0.4) is 0 Å².